The van der Waals surface area contributed by atoms with Crippen LogP contribution in [0.1, 0.15) is 25.6 Å². The van der Waals surface area contributed by atoms with Crippen LogP contribution in [0, 0.1) is 17.0 Å². The summed E-state index contributed by atoms with van der Waals surface area (Å²) < 4.78 is 1.24. The third-order valence-corrected chi connectivity index (χ3v) is 2.62. The zero-order valence-electron chi connectivity index (χ0n) is 10.6. The van der Waals surface area contributed by atoms with Crippen molar-refractivity contribution in [3.8, 4) is 0 Å². The van der Waals surface area contributed by atoms with Crippen molar-refractivity contribution < 1.29 is 14.6 Å². The van der Waals surface area contributed by atoms with E-state index in [2.05, 4.69) is 4.98 Å². The topological polar surface area (TPSA) is 87.3 Å². The molecule has 2 aromatic rings. The number of non-ortho nitro benzene ring substituents is 1. The number of nitro benzene ring substituents is 1. The minimum Gasteiger partial charge on any atom is -0.335 e. The molecule has 0 spiro atoms. The van der Waals surface area contributed by atoms with Crippen molar-refractivity contribution in [2.24, 2.45) is 0 Å². The molecular formula is C12H13N3O4. The molecule has 7 nitrogen and oxygen atoms in total. The molecule has 1 aromatic carbocycles. The highest BCUT2D eigenvalue weighted by Crippen LogP contribution is 2.24. The summed E-state index contributed by atoms with van der Waals surface area (Å²) in [7, 11) is 0. The molecule has 0 atom stereocenters. The first-order valence-corrected chi connectivity index (χ1v) is 5.88. The lowest BCUT2D eigenvalue weighted by Crippen LogP contribution is -2.20. The van der Waals surface area contributed by atoms with Crippen LogP contribution in [0.2, 0.25) is 0 Å². The van der Waals surface area contributed by atoms with Gasteiger partial charge in [-0.1, -0.05) is 13.0 Å². The Morgan fingerprint density at radius 3 is 2.89 bits per heavy atom. The third-order valence-electron chi connectivity index (χ3n) is 2.62. The van der Waals surface area contributed by atoms with Crippen molar-refractivity contribution in [1.29, 1.82) is 0 Å². The number of hydrogen-bond donors (Lipinski definition) is 0. The third kappa shape index (κ3) is 2.40. The smallest absolute Gasteiger partial charge is 0.332 e. The van der Waals surface area contributed by atoms with Crippen LogP contribution < -0.4 is 4.84 Å². The van der Waals surface area contributed by atoms with Gasteiger partial charge in [0.2, 0.25) is 0 Å². The monoisotopic (exact) mass is 263 g/mol. The van der Waals surface area contributed by atoms with Gasteiger partial charge in [0.1, 0.15) is 11.3 Å². The van der Waals surface area contributed by atoms with Crippen molar-refractivity contribution in [2.45, 2.75) is 26.7 Å². The fourth-order valence-corrected chi connectivity index (χ4v) is 1.79. The molecule has 0 saturated carbocycles. The fraction of sp³-hybridized carbons (Fsp3) is 0.333. The van der Waals surface area contributed by atoms with E-state index in [9.17, 15) is 14.9 Å². The first-order chi connectivity index (χ1) is 9.04. The summed E-state index contributed by atoms with van der Waals surface area (Å²) in [6.07, 6.45) is 0.957. The van der Waals surface area contributed by atoms with Crippen molar-refractivity contribution in [3.63, 3.8) is 0 Å². The van der Waals surface area contributed by atoms with E-state index in [1.165, 1.54) is 16.9 Å². The van der Waals surface area contributed by atoms with Crippen LogP contribution in [0.5, 0.6) is 0 Å². The number of imidazole rings is 1. The normalized spacial score (nSPS) is 10.6. The number of rotatable bonds is 4. The van der Waals surface area contributed by atoms with Gasteiger partial charge in [-0.3, -0.25) is 10.1 Å². The minimum absolute atomic E-state index is 0.106. The number of nitro groups is 1. The highest BCUT2D eigenvalue weighted by Gasteiger charge is 2.19. The number of benzene rings is 1. The average Bonchev–Trinajstić information content (AvgIpc) is 2.66. The molecule has 19 heavy (non-hydrogen) atoms. The number of nitrogens with zero attached hydrogens (tertiary/aromatic N) is 3. The van der Waals surface area contributed by atoms with E-state index in [0.717, 1.165) is 0 Å². The second-order valence-corrected chi connectivity index (χ2v) is 4.07. The van der Waals surface area contributed by atoms with E-state index >= 15 is 0 Å². The van der Waals surface area contributed by atoms with Crippen LogP contribution >= 0.6 is 0 Å². The van der Waals surface area contributed by atoms with Gasteiger partial charge in [-0.15, -0.1) is 0 Å². The highest BCUT2D eigenvalue weighted by atomic mass is 16.7. The van der Waals surface area contributed by atoms with Crippen molar-refractivity contribution in [3.05, 3.63) is 34.1 Å². The Hall–Kier alpha value is -2.44. The molecule has 7 heteroatoms. The fourth-order valence-electron chi connectivity index (χ4n) is 1.79. The predicted molar refractivity (Wildman–Crippen MR) is 67.6 cm³/mol. The van der Waals surface area contributed by atoms with Crippen LogP contribution in [0.25, 0.3) is 11.0 Å². The van der Waals surface area contributed by atoms with E-state index in [-0.39, 0.29) is 17.6 Å². The molecule has 0 amide bonds. The van der Waals surface area contributed by atoms with Gasteiger partial charge in [0.25, 0.3) is 5.69 Å². The van der Waals surface area contributed by atoms with Crippen molar-refractivity contribution in [2.75, 3.05) is 0 Å². The summed E-state index contributed by atoms with van der Waals surface area (Å²) >= 11 is 0. The molecule has 0 bridgehead atoms. The molecule has 0 unspecified atom stereocenters. The van der Waals surface area contributed by atoms with E-state index < -0.39 is 10.9 Å². The molecule has 0 aliphatic heterocycles. The lowest BCUT2D eigenvalue weighted by molar-refractivity contribution is -0.383. The molecule has 0 fully saturated rings. The Morgan fingerprint density at radius 1 is 1.53 bits per heavy atom. The molecule has 0 saturated heterocycles. The van der Waals surface area contributed by atoms with Crippen molar-refractivity contribution in [1.82, 2.24) is 9.71 Å². The van der Waals surface area contributed by atoms with Gasteiger partial charge in [-0.2, -0.15) is 4.73 Å². The summed E-state index contributed by atoms with van der Waals surface area (Å²) in [6, 6.07) is 4.53. The Morgan fingerprint density at radius 2 is 2.26 bits per heavy atom. The van der Waals surface area contributed by atoms with Gasteiger partial charge in [0.05, 0.1) is 4.92 Å². The SMILES string of the molecule is CCCC(=O)On1c(C)nc2c([N+](=O)[O-])cccc21. The molecule has 0 aliphatic carbocycles. The van der Waals surface area contributed by atoms with Gasteiger partial charge in [0.15, 0.2) is 5.52 Å². The molecule has 1 aromatic heterocycles. The van der Waals surface area contributed by atoms with Crippen LogP contribution in [0.4, 0.5) is 5.69 Å². The minimum atomic E-state index is -0.507. The predicted octanol–water partition coefficient (Wildman–Crippen LogP) is 2.01. The number of para-hydroxylation sites is 1. The molecule has 100 valence electrons. The molecular weight excluding hydrogens is 250 g/mol. The second kappa shape index (κ2) is 5.05. The van der Waals surface area contributed by atoms with Crippen molar-refractivity contribution >= 4 is 22.7 Å². The summed E-state index contributed by atoms with van der Waals surface area (Å²) in [5, 5.41) is 10.9. The molecule has 0 aliphatic rings. The maximum absolute atomic E-state index is 11.5. The largest absolute Gasteiger partial charge is 0.335 e. The summed E-state index contributed by atoms with van der Waals surface area (Å²) in [6.45, 7) is 3.49. The Bertz CT molecular complexity index is 648. The van der Waals surface area contributed by atoms with E-state index in [4.69, 9.17) is 4.84 Å². The summed E-state index contributed by atoms with van der Waals surface area (Å²) in [5.41, 5.74) is 0.524. The number of aromatic nitrogens is 2. The van der Waals surface area contributed by atoms with E-state index in [0.29, 0.717) is 17.8 Å². The Kier molecular flexibility index (Phi) is 3.46. The van der Waals surface area contributed by atoms with Gasteiger partial charge in [-0.05, 0) is 19.4 Å². The Labute approximate surface area is 108 Å². The Balaban J connectivity index is 2.51. The molecule has 2 rings (SSSR count). The van der Waals surface area contributed by atoms with Crippen LogP contribution in [0.3, 0.4) is 0 Å². The highest BCUT2D eigenvalue weighted by molar-refractivity contribution is 5.85. The lowest BCUT2D eigenvalue weighted by Gasteiger charge is -2.06. The number of fused-ring (bicyclic) bond motifs is 1. The molecule has 0 radical (unpaired) electrons. The standard InChI is InChI=1S/C12H13N3O4/c1-3-5-11(16)19-14-8(2)13-12-9(14)6-4-7-10(12)15(17)18/h4,6-7H,3,5H2,1-2H3. The number of aryl methyl sites for hydroxylation is 1. The van der Waals surface area contributed by atoms with Crippen LogP contribution in [-0.4, -0.2) is 20.6 Å². The van der Waals surface area contributed by atoms with Crippen LogP contribution in [-0.2, 0) is 4.79 Å². The zero-order chi connectivity index (χ0) is 14.0. The maximum Gasteiger partial charge on any atom is 0.332 e. The summed E-state index contributed by atoms with van der Waals surface area (Å²) in [5.74, 6) is 0.00478. The van der Waals surface area contributed by atoms with Gasteiger partial charge in [-0.25, -0.2) is 9.78 Å². The van der Waals surface area contributed by atoms with Gasteiger partial charge >= 0.3 is 5.97 Å². The molecule has 1 heterocycles. The van der Waals surface area contributed by atoms with Crippen LogP contribution in [0.15, 0.2) is 18.2 Å². The first kappa shape index (κ1) is 13.0. The summed E-state index contributed by atoms with van der Waals surface area (Å²) in [4.78, 5) is 31.2. The lowest BCUT2D eigenvalue weighted by atomic mass is 10.3. The first-order valence-electron chi connectivity index (χ1n) is 5.88. The number of carbonyl (C=O) groups is 1. The average molecular weight is 263 g/mol. The maximum atomic E-state index is 11.5. The quantitative estimate of drug-likeness (QED) is 0.622. The number of carbonyl (C=O) groups excluding carboxylic acids is 1. The van der Waals surface area contributed by atoms with E-state index in [1.54, 1.807) is 13.0 Å². The molecule has 0 N–H and O–H groups in total. The number of hydrogen-bond acceptors (Lipinski definition) is 5. The van der Waals surface area contributed by atoms with E-state index in [1.807, 2.05) is 6.92 Å². The van der Waals surface area contributed by atoms with Gasteiger partial charge in [0, 0.05) is 12.5 Å². The second-order valence-electron chi connectivity index (χ2n) is 4.07. The van der Waals surface area contributed by atoms with Gasteiger partial charge < -0.3 is 4.84 Å². The zero-order valence-corrected chi connectivity index (χ0v) is 10.6.